The molecule has 40 heavy (non-hydrogen) atoms. The Hall–Kier alpha value is -2.81. The Morgan fingerprint density at radius 2 is 1.02 bits per heavy atom. The summed E-state index contributed by atoms with van der Waals surface area (Å²) in [7, 11) is 4.24. The molecule has 0 radical (unpaired) electrons. The molecule has 0 aromatic heterocycles. The molecule has 0 amide bonds. The number of hydrogen-bond donors (Lipinski definition) is 0. The molecule has 0 N–H and O–H groups in total. The maximum atomic E-state index is 13.7. The number of benzene rings is 2. The second-order valence-electron chi connectivity index (χ2n) is 14.1. The van der Waals surface area contributed by atoms with Crippen molar-refractivity contribution in [3.63, 3.8) is 0 Å². The molecule has 6 rings (SSSR count). The van der Waals surface area contributed by atoms with Gasteiger partial charge in [-0.25, -0.2) is 0 Å². The summed E-state index contributed by atoms with van der Waals surface area (Å²) in [5.41, 5.74) is 9.88. The van der Waals surface area contributed by atoms with Gasteiger partial charge in [0.05, 0.1) is 0 Å². The van der Waals surface area contributed by atoms with Gasteiger partial charge >= 0.3 is 0 Å². The number of rotatable bonds is 4. The molecule has 0 saturated heterocycles. The maximum absolute atomic E-state index is 13.7. The predicted molar refractivity (Wildman–Crippen MR) is 169 cm³/mol. The first-order valence-corrected chi connectivity index (χ1v) is 15.8. The number of hydrogen-bond acceptors (Lipinski definition) is 3. The Morgan fingerprint density at radius 3 is 1.40 bits per heavy atom. The van der Waals surface area contributed by atoms with Gasteiger partial charge in [0.15, 0.2) is 5.78 Å². The fourth-order valence-corrected chi connectivity index (χ4v) is 8.31. The minimum atomic E-state index is -0.210. The van der Waals surface area contributed by atoms with Crippen LogP contribution in [-0.4, -0.2) is 19.9 Å². The third kappa shape index (κ3) is 4.54. The predicted octanol–water partition coefficient (Wildman–Crippen LogP) is 9.27. The van der Waals surface area contributed by atoms with E-state index in [1.165, 1.54) is 97.8 Å². The molecular formula is C37H48N2O. The second kappa shape index (κ2) is 10.2. The number of nitrogens with zero attached hydrogens (tertiary/aromatic N) is 2. The van der Waals surface area contributed by atoms with Gasteiger partial charge in [-0.3, -0.25) is 4.79 Å². The van der Waals surface area contributed by atoms with Crippen LogP contribution in [0, 0.1) is 0 Å². The summed E-state index contributed by atoms with van der Waals surface area (Å²) in [6.07, 6.45) is 17.1. The molecule has 0 spiro atoms. The van der Waals surface area contributed by atoms with E-state index in [4.69, 9.17) is 0 Å². The molecule has 2 aliphatic carbocycles. The molecule has 2 aromatic rings. The number of fused-ring (bicyclic) bond motifs is 2. The van der Waals surface area contributed by atoms with Gasteiger partial charge in [0, 0.05) is 59.8 Å². The lowest BCUT2D eigenvalue weighted by molar-refractivity contribution is -0.110. The molecule has 3 heteroatoms. The highest BCUT2D eigenvalue weighted by molar-refractivity contribution is 6.02. The fourth-order valence-electron chi connectivity index (χ4n) is 8.31. The van der Waals surface area contributed by atoms with E-state index in [0.717, 1.165) is 11.4 Å². The van der Waals surface area contributed by atoms with Crippen molar-refractivity contribution in [2.75, 3.05) is 23.9 Å². The van der Waals surface area contributed by atoms with Crippen LogP contribution >= 0.6 is 0 Å². The van der Waals surface area contributed by atoms with Gasteiger partial charge < -0.3 is 9.80 Å². The Morgan fingerprint density at radius 1 is 0.650 bits per heavy atom. The van der Waals surface area contributed by atoms with E-state index in [2.05, 4.69) is 88.0 Å². The lowest BCUT2D eigenvalue weighted by atomic mass is 9.78. The minimum absolute atomic E-state index is 0.0745. The highest BCUT2D eigenvalue weighted by Crippen LogP contribution is 2.50. The lowest BCUT2D eigenvalue weighted by Gasteiger charge is -2.26. The molecule has 4 aliphatic rings. The van der Waals surface area contributed by atoms with Crippen molar-refractivity contribution in [3.05, 3.63) is 82.2 Å². The molecule has 3 nitrogen and oxygen atoms in total. The van der Waals surface area contributed by atoms with Gasteiger partial charge in [-0.2, -0.15) is 0 Å². The quantitative estimate of drug-likeness (QED) is 0.364. The zero-order valence-corrected chi connectivity index (χ0v) is 25.6. The highest BCUT2D eigenvalue weighted by Gasteiger charge is 2.41. The van der Waals surface area contributed by atoms with E-state index in [0.29, 0.717) is 11.8 Å². The van der Waals surface area contributed by atoms with Crippen LogP contribution in [-0.2, 0) is 15.6 Å². The fraction of sp³-hybridized carbons (Fsp3) is 0.541. The van der Waals surface area contributed by atoms with Gasteiger partial charge in [-0.05, 0) is 71.9 Å². The number of carbonyl (C=O) groups excluding carboxylic acids is 1. The van der Waals surface area contributed by atoms with Crippen molar-refractivity contribution in [2.45, 2.75) is 115 Å². The molecule has 2 saturated carbocycles. The first-order valence-electron chi connectivity index (χ1n) is 15.8. The summed E-state index contributed by atoms with van der Waals surface area (Å²) in [6.45, 7) is 9.11. The highest BCUT2D eigenvalue weighted by atomic mass is 16.1. The molecule has 2 heterocycles. The SMILES string of the molecule is CN1C(=CC(=O)C=C2N(C)c3ccc(C4CCCCC4)cc3C2(C)C)C(C)(C)c2cc(C3CCCCC3)ccc21. The van der Waals surface area contributed by atoms with E-state index in [-0.39, 0.29) is 16.6 Å². The summed E-state index contributed by atoms with van der Waals surface area (Å²) in [6, 6.07) is 14.1. The van der Waals surface area contributed by atoms with Gasteiger partial charge in [-0.15, -0.1) is 0 Å². The van der Waals surface area contributed by atoms with Crippen LogP contribution in [0.1, 0.15) is 126 Å². The third-order valence-corrected chi connectivity index (χ3v) is 10.8. The first kappa shape index (κ1) is 27.4. The van der Waals surface area contributed by atoms with Crippen LogP contribution < -0.4 is 9.80 Å². The summed E-state index contributed by atoms with van der Waals surface area (Å²) in [4.78, 5) is 18.2. The smallest absolute Gasteiger partial charge is 0.182 e. The summed E-state index contributed by atoms with van der Waals surface area (Å²) < 4.78 is 0. The molecule has 0 atom stereocenters. The number of carbonyl (C=O) groups is 1. The van der Waals surface area contributed by atoms with E-state index in [1.54, 1.807) is 0 Å². The van der Waals surface area contributed by atoms with Crippen LogP contribution in [0.15, 0.2) is 59.9 Å². The first-order chi connectivity index (χ1) is 19.1. The number of likely N-dealkylation sites (N-methyl/N-ethyl adjacent to an activating group) is 2. The number of anilines is 2. The van der Waals surface area contributed by atoms with E-state index in [9.17, 15) is 4.79 Å². The lowest BCUT2D eigenvalue weighted by Crippen LogP contribution is -2.25. The Labute approximate surface area is 242 Å². The molecule has 212 valence electrons. The van der Waals surface area contributed by atoms with Gasteiger partial charge in [0.2, 0.25) is 0 Å². The van der Waals surface area contributed by atoms with Gasteiger partial charge in [0.25, 0.3) is 0 Å². The van der Waals surface area contributed by atoms with E-state index < -0.39 is 0 Å². The maximum Gasteiger partial charge on any atom is 0.182 e. The van der Waals surface area contributed by atoms with Crippen LogP contribution in [0.2, 0.25) is 0 Å². The van der Waals surface area contributed by atoms with E-state index in [1.807, 2.05) is 12.2 Å². The zero-order chi connectivity index (χ0) is 28.2. The molecule has 0 unspecified atom stereocenters. The van der Waals surface area contributed by atoms with Crippen molar-refractivity contribution in [2.24, 2.45) is 0 Å². The van der Waals surface area contributed by atoms with Crippen molar-refractivity contribution in [1.29, 1.82) is 0 Å². The van der Waals surface area contributed by atoms with E-state index >= 15 is 0 Å². The van der Waals surface area contributed by atoms with Crippen molar-refractivity contribution in [1.82, 2.24) is 0 Å². The molecular weight excluding hydrogens is 488 g/mol. The normalized spacial score (nSPS) is 24.6. The van der Waals surface area contributed by atoms with Crippen molar-refractivity contribution in [3.8, 4) is 0 Å². The van der Waals surface area contributed by atoms with Gasteiger partial charge in [0.1, 0.15) is 0 Å². The number of allylic oxidation sites excluding steroid dienone is 4. The topological polar surface area (TPSA) is 23.6 Å². The largest absolute Gasteiger partial charge is 0.347 e. The summed E-state index contributed by atoms with van der Waals surface area (Å²) >= 11 is 0. The average Bonchev–Trinajstić information content (AvgIpc) is 3.27. The Balaban J connectivity index is 1.28. The minimum Gasteiger partial charge on any atom is -0.347 e. The molecule has 2 fully saturated rings. The number of ketones is 1. The monoisotopic (exact) mass is 536 g/mol. The molecule has 2 aromatic carbocycles. The Kier molecular flexibility index (Phi) is 7.00. The van der Waals surface area contributed by atoms with Crippen LogP contribution in [0.3, 0.4) is 0 Å². The van der Waals surface area contributed by atoms with Crippen LogP contribution in [0.5, 0.6) is 0 Å². The van der Waals surface area contributed by atoms with Gasteiger partial charge in [-0.1, -0.05) is 90.5 Å². The second-order valence-corrected chi connectivity index (χ2v) is 14.1. The van der Waals surface area contributed by atoms with Crippen LogP contribution in [0.25, 0.3) is 0 Å². The Bertz CT molecular complexity index is 1260. The molecule has 2 aliphatic heterocycles. The van der Waals surface area contributed by atoms with Crippen molar-refractivity contribution < 1.29 is 4.79 Å². The average molecular weight is 537 g/mol. The summed E-state index contributed by atoms with van der Waals surface area (Å²) in [5.74, 6) is 1.44. The molecule has 0 bridgehead atoms. The van der Waals surface area contributed by atoms with Crippen molar-refractivity contribution >= 4 is 17.2 Å². The van der Waals surface area contributed by atoms with Crippen LogP contribution in [0.4, 0.5) is 11.4 Å². The zero-order valence-electron chi connectivity index (χ0n) is 25.6. The standard InChI is InChI=1S/C37H48N2O/c1-36(2)30-21-27(25-13-9-7-10-14-25)17-19-32(30)38(5)34(36)23-29(40)24-35-37(3,4)31-22-28(18-20-33(31)39(35)6)26-15-11-8-12-16-26/h17-26H,7-16H2,1-6H3. The summed E-state index contributed by atoms with van der Waals surface area (Å²) in [5, 5.41) is 0. The third-order valence-electron chi connectivity index (χ3n) is 10.8.